The van der Waals surface area contributed by atoms with E-state index in [9.17, 15) is 4.79 Å². The number of rotatable bonds is 8. The lowest BCUT2D eigenvalue weighted by Gasteiger charge is -2.19. The molecular weight excluding hydrogens is 498 g/mol. The largest absolute Gasteiger partial charge is 0.457 e. The summed E-state index contributed by atoms with van der Waals surface area (Å²) in [6.45, 7) is 2.18. The Labute approximate surface area is 219 Å². The van der Waals surface area contributed by atoms with Gasteiger partial charge in [0.2, 0.25) is 0 Å². The summed E-state index contributed by atoms with van der Waals surface area (Å²) < 4.78 is 17.8. The topological polar surface area (TPSA) is 44.8 Å². The minimum absolute atomic E-state index is 0.159. The molecule has 5 aromatic rings. The van der Waals surface area contributed by atoms with Crippen LogP contribution in [0, 0.1) is 6.92 Å². The molecule has 182 valence electrons. The number of benzene rings is 5. The van der Waals surface area contributed by atoms with Gasteiger partial charge in [-0.05, 0) is 58.8 Å². The second-order valence-corrected chi connectivity index (χ2v) is 9.39. The fraction of sp³-hybridized carbons (Fsp3) is 0.0645. The monoisotopic (exact) mass is 522 g/mol. The lowest BCUT2D eigenvalue weighted by Crippen LogP contribution is -2.08. The van der Waals surface area contributed by atoms with Crippen molar-refractivity contribution in [2.45, 2.75) is 13.5 Å². The van der Waals surface area contributed by atoms with Crippen molar-refractivity contribution < 1.29 is 18.6 Å². The SMILES string of the molecule is C=POc1ccc2ccccc2c1-c1c(OP=C)c(C(=O)OCc2ccc(C)cc2)cc2ccccc12. The molecule has 0 fully saturated rings. The molecular formula is C31H24O4P2. The Morgan fingerprint density at radius 1 is 0.757 bits per heavy atom. The molecule has 0 N–H and O–H groups in total. The highest BCUT2D eigenvalue weighted by Crippen LogP contribution is 2.48. The summed E-state index contributed by atoms with van der Waals surface area (Å²) in [5.41, 5.74) is 3.98. The Bertz CT molecular complexity index is 1640. The molecule has 0 aliphatic carbocycles. The Kier molecular flexibility index (Phi) is 7.32. The van der Waals surface area contributed by atoms with Crippen LogP contribution in [0.25, 0.3) is 32.7 Å². The van der Waals surface area contributed by atoms with E-state index in [0.29, 0.717) is 33.9 Å². The molecule has 0 saturated heterocycles. The van der Waals surface area contributed by atoms with Gasteiger partial charge in [-0.25, -0.2) is 4.79 Å². The molecule has 0 aromatic heterocycles. The van der Waals surface area contributed by atoms with Gasteiger partial charge in [-0.15, -0.1) is 0 Å². The Morgan fingerprint density at radius 3 is 2.11 bits per heavy atom. The molecule has 37 heavy (non-hydrogen) atoms. The smallest absolute Gasteiger partial charge is 0.342 e. The number of fused-ring (bicyclic) bond motifs is 2. The van der Waals surface area contributed by atoms with Gasteiger partial charge in [0.15, 0.2) is 5.75 Å². The van der Waals surface area contributed by atoms with Crippen molar-refractivity contribution in [2.24, 2.45) is 0 Å². The molecule has 0 heterocycles. The first kappa shape index (κ1) is 24.7. The van der Waals surface area contributed by atoms with Gasteiger partial charge >= 0.3 is 5.97 Å². The number of esters is 1. The van der Waals surface area contributed by atoms with Crippen molar-refractivity contribution >= 4 is 57.0 Å². The van der Waals surface area contributed by atoms with Crippen molar-refractivity contribution in [1.29, 1.82) is 0 Å². The van der Waals surface area contributed by atoms with E-state index in [4.69, 9.17) is 13.8 Å². The number of carbonyl (C=O) groups excluding carboxylic acids is 1. The number of hydrogen-bond donors (Lipinski definition) is 0. The van der Waals surface area contributed by atoms with Gasteiger partial charge in [0, 0.05) is 11.1 Å². The maximum Gasteiger partial charge on any atom is 0.342 e. The molecule has 0 atom stereocenters. The third-order valence-electron chi connectivity index (χ3n) is 6.17. The fourth-order valence-corrected chi connectivity index (χ4v) is 5.06. The first-order valence-electron chi connectivity index (χ1n) is 11.7. The van der Waals surface area contributed by atoms with Crippen LogP contribution >= 0.6 is 16.9 Å². The average molecular weight is 522 g/mol. The standard InChI is InChI=1S/C31H24O4P2/c1-20-12-14-21(15-13-20)19-33-31(32)26-18-23-9-5-7-11-25(23)29(30(26)35-37-3)28-24-10-6-4-8-22(24)16-17-27(28)34-36-2/h4-18H,2-3,19H2,1H3. The third kappa shape index (κ3) is 5.00. The van der Waals surface area contributed by atoms with Crippen LogP contribution in [0.1, 0.15) is 21.5 Å². The fourth-order valence-electron chi connectivity index (χ4n) is 4.45. The van der Waals surface area contributed by atoms with Crippen molar-refractivity contribution in [3.05, 3.63) is 108 Å². The van der Waals surface area contributed by atoms with E-state index in [1.165, 1.54) is 0 Å². The number of aryl methyl sites for hydroxylation is 1. The van der Waals surface area contributed by atoms with Crippen LogP contribution in [-0.4, -0.2) is 18.6 Å². The highest BCUT2D eigenvalue weighted by molar-refractivity contribution is 7.31. The van der Waals surface area contributed by atoms with Gasteiger partial charge in [-0.1, -0.05) is 84.4 Å². The summed E-state index contributed by atoms with van der Waals surface area (Å²) in [6.07, 6.45) is 7.73. The highest BCUT2D eigenvalue weighted by atomic mass is 31.1. The molecule has 5 aromatic carbocycles. The number of hydrogen-bond acceptors (Lipinski definition) is 4. The lowest BCUT2D eigenvalue weighted by molar-refractivity contribution is 0.0471. The molecule has 0 radical (unpaired) electrons. The summed E-state index contributed by atoms with van der Waals surface area (Å²) in [7, 11) is 0.911. The minimum atomic E-state index is -0.468. The van der Waals surface area contributed by atoms with E-state index in [1.54, 1.807) is 0 Å². The van der Waals surface area contributed by atoms with Gasteiger partial charge < -0.3 is 13.8 Å². The molecule has 0 aliphatic heterocycles. The van der Waals surface area contributed by atoms with Crippen LogP contribution in [0.4, 0.5) is 0 Å². The Hall–Kier alpha value is -3.97. The quantitative estimate of drug-likeness (QED) is 0.151. The van der Waals surface area contributed by atoms with Gasteiger partial charge in [0.1, 0.15) is 34.8 Å². The molecule has 0 bridgehead atoms. The van der Waals surface area contributed by atoms with Gasteiger partial charge in [-0.3, -0.25) is 0 Å². The Morgan fingerprint density at radius 2 is 1.41 bits per heavy atom. The molecule has 0 saturated carbocycles. The first-order chi connectivity index (χ1) is 18.1. The summed E-state index contributed by atoms with van der Waals surface area (Å²) in [6, 6.07) is 29.7. The highest BCUT2D eigenvalue weighted by Gasteiger charge is 2.25. The lowest BCUT2D eigenvalue weighted by atomic mass is 9.90. The number of ether oxygens (including phenoxy) is 1. The maximum atomic E-state index is 13.5. The number of carbonyl (C=O) groups is 1. The molecule has 0 amide bonds. The van der Waals surface area contributed by atoms with Crippen molar-refractivity contribution in [2.75, 3.05) is 0 Å². The van der Waals surface area contributed by atoms with E-state index in [1.807, 2.05) is 97.9 Å². The summed E-state index contributed by atoms with van der Waals surface area (Å²) >= 11 is 0. The average Bonchev–Trinajstić information content (AvgIpc) is 2.93. The second kappa shape index (κ2) is 11.0. The molecule has 6 heteroatoms. The zero-order valence-electron chi connectivity index (χ0n) is 20.3. The Balaban J connectivity index is 1.75. The molecule has 5 rings (SSSR count). The van der Waals surface area contributed by atoms with E-state index in [0.717, 1.165) is 43.8 Å². The van der Waals surface area contributed by atoms with Gasteiger partial charge in [-0.2, -0.15) is 0 Å². The molecule has 0 spiro atoms. The van der Waals surface area contributed by atoms with Crippen LogP contribution in [0.3, 0.4) is 0 Å². The predicted molar refractivity (Wildman–Crippen MR) is 157 cm³/mol. The van der Waals surface area contributed by atoms with Crippen LogP contribution in [0.2, 0.25) is 0 Å². The minimum Gasteiger partial charge on any atom is -0.457 e. The zero-order chi connectivity index (χ0) is 25.8. The summed E-state index contributed by atoms with van der Waals surface area (Å²) in [5, 5.41) is 3.83. The third-order valence-corrected chi connectivity index (χ3v) is 6.81. The van der Waals surface area contributed by atoms with E-state index in [-0.39, 0.29) is 6.61 Å². The molecule has 0 aliphatic rings. The summed E-state index contributed by atoms with van der Waals surface area (Å²) in [4.78, 5) is 13.5. The van der Waals surface area contributed by atoms with Crippen molar-refractivity contribution in [3.63, 3.8) is 0 Å². The zero-order valence-corrected chi connectivity index (χ0v) is 22.1. The van der Waals surface area contributed by atoms with Gasteiger partial charge in [0.25, 0.3) is 0 Å². The maximum absolute atomic E-state index is 13.5. The van der Waals surface area contributed by atoms with Crippen LogP contribution in [0.15, 0.2) is 91.0 Å². The van der Waals surface area contributed by atoms with E-state index >= 15 is 0 Å². The van der Waals surface area contributed by atoms with Crippen LogP contribution in [0.5, 0.6) is 11.5 Å². The molecule has 4 nitrogen and oxygen atoms in total. The van der Waals surface area contributed by atoms with Gasteiger partial charge in [0.05, 0.1) is 0 Å². The van der Waals surface area contributed by atoms with Crippen molar-refractivity contribution in [1.82, 2.24) is 0 Å². The summed E-state index contributed by atoms with van der Waals surface area (Å²) in [5.74, 6) is 0.590. The molecule has 0 unspecified atom stereocenters. The van der Waals surface area contributed by atoms with Crippen molar-refractivity contribution in [3.8, 4) is 22.6 Å². The van der Waals surface area contributed by atoms with Crippen LogP contribution in [-0.2, 0) is 11.3 Å². The second-order valence-electron chi connectivity index (χ2n) is 8.51. The normalized spacial score (nSPS) is 11.2. The van der Waals surface area contributed by atoms with E-state index in [2.05, 4.69) is 12.6 Å². The van der Waals surface area contributed by atoms with E-state index < -0.39 is 5.97 Å². The predicted octanol–water partition coefficient (Wildman–Crippen LogP) is 8.67. The first-order valence-corrected chi connectivity index (χ1v) is 13.7. The van der Waals surface area contributed by atoms with Crippen LogP contribution < -0.4 is 9.05 Å².